The third kappa shape index (κ3) is 1.57. The summed E-state index contributed by atoms with van der Waals surface area (Å²) in [4.78, 5) is 27.1. The van der Waals surface area contributed by atoms with Crippen LogP contribution in [0.5, 0.6) is 0 Å². The van der Waals surface area contributed by atoms with Crippen molar-refractivity contribution in [2.45, 2.75) is 32.2 Å². The van der Waals surface area contributed by atoms with E-state index in [4.69, 9.17) is 0 Å². The van der Waals surface area contributed by atoms with Gasteiger partial charge in [0.25, 0.3) is 0 Å². The Kier molecular flexibility index (Phi) is 2.78. The van der Waals surface area contributed by atoms with Crippen LogP contribution in [0.15, 0.2) is 12.2 Å². The zero-order valence-corrected chi connectivity index (χ0v) is 11.9. The average Bonchev–Trinajstić information content (AvgIpc) is 3.14. The number of hydrogen-bond donors (Lipinski definition) is 1. The van der Waals surface area contributed by atoms with E-state index in [1.807, 2.05) is 0 Å². The first-order chi connectivity index (χ1) is 9.68. The normalized spacial score (nSPS) is 44.2. The molecule has 2 amide bonds. The molecule has 2 aliphatic heterocycles. The summed E-state index contributed by atoms with van der Waals surface area (Å²) in [6.07, 6.45) is 7.59. The zero-order valence-electron chi connectivity index (χ0n) is 11.9. The van der Waals surface area contributed by atoms with Crippen molar-refractivity contribution in [1.29, 1.82) is 0 Å². The van der Waals surface area contributed by atoms with Crippen molar-refractivity contribution in [3.63, 3.8) is 0 Å². The molecule has 0 aromatic carbocycles. The fourth-order valence-corrected chi connectivity index (χ4v) is 4.83. The maximum atomic E-state index is 12.7. The summed E-state index contributed by atoms with van der Waals surface area (Å²) < 4.78 is 0. The van der Waals surface area contributed by atoms with Gasteiger partial charge in [0.15, 0.2) is 0 Å². The Balaban J connectivity index is 1.58. The van der Waals surface area contributed by atoms with Gasteiger partial charge in [0.05, 0.1) is 11.8 Å². The zero-order chi connectivity index (χ0) is 13.9. The fraction of sp³-hybridized carbons (Fsp3) is 0.750. The van der Waals surface area contributed by atoms with Gasteiger partial charge < -0.3 is 5.32 Å². The highest BCUT2D eigenvalue weighted by molar-refractivity contribution is 6.06. The number of nitrogens with one attached hydrogen (secondary N) is 1. The van der Waals surface area contributed by atoms with E-state index in [0.29, 0.717) is 17.8 Å². The van der Waals surface area contributed by atoms with Gasteiger partial charge >= 0.3 is 0 Å². The van der Waals surface area contributed by atoms with Crippen LogP contribution in [0.4, 0.5) is 0 Å². The topological polar surface area (TPSA) is 49.4 Å². The van der Waals surface area contributed by atoms with E-state index in [1.54, 1.807) is 4.90 Å². The van der Waals surface area contributed by atoms with Gasteiger partial charge in [-0.05, 0) is 57.0 Å². The van der Waals surface area contributed by atoms with E-state index in [0.717, 1.165) is 32.4 Å². The SMILES string of the molecule is CC(C1CCCNC1)N1C(=O)C2C3C=CC(C3)C2C1=O. The second-order valence-electron chi connectivity index (χ2n) is 6.89. The summed E-state index contributed by atoms with van der Waals surface area (Å²) in [5.41, 5.74) is 0. The van der Waals surface area contributed by atoms with Crippen LogP contribution in [-0.4, -0.2) is 35.8 Å². The summed E-state index contributed by atoms with van der Waals surface area (Å²) >= 11 is 0. The number of amides is 2. The Morgan fingerprint density at radius 2 is 1.85 bits per heavy atom. The second-order valence-corrected chi connectivity index (χ2v) is 6.89. The van der Waals surface area contributed by atoms with E-state index in [2.05, 4.69) is 24.4 Å². The summed E-state index contributed by atoms with van der Waals surface area (Å²) in [7, 11) is 0. The van der Waals surface area contributed by atoms with E-state index in [9.17, 15) is 9.59 Å². The van der Waals surface area contributed by atoms with Gasteiger partial charge in [-0.15, -0.1) is 0 Å². The van der Waals surface area contributed by atoms with Crippen molar-refractivity contribution in [2.24, 2.45) is 29.6 Å². The Bertz CT molecular complexity index is 451. The van der Waals surface area contributed by atoms with E-state index >= 15 is 0 Å². The molecule has 1 N–H and O–H groups in total. The van der Waals surface area contributed by atoms with Crippen molar-refractivity contribution in [1.82, 2.24) is 10.2 Å². The molecule has 4 rings (SSSR count). The molecule has 4 nitrogen and oxygen atoms in total. The molecule has 2 saturated heterocycles. The number of imide groups is 1. The Hall–Kier alpha value is -1.16. The average molecular weight is 274 g/mol. The van der Waals surface area contributed by atoms with E-state index < -0.39 is 0 Å². The lowest BCUT2D eigenvalue weighted by Gasteiger charge is -2.34. The molecule has 2 heterocycles. The van der Waals surface area contributed by atoms with Gasteiger partial charge in [-0.2, -0.15) is 0 Å². The lowest BCUT2D eigenvalue weighted by molar-refractivity contribution is -0.144. The molecular weight excluding hydrogens is 252 g/mol. The van der Waals surface area contributed by atoms with Crippen LogP contribution >= 0.6 is 0 Å². The predicted molar refractivity (Wildman–Crippen MR) is 74.6 cm³/mol. The summed E-state index contributed by atoms with van der Waals surface area (Å²) in [5, 5.41) is 3.39. The Morgan fingerprint density at radius 1 is 1.20 bits per heavy atom. The first-order valence-electron chi connectivity index (χ1n) is 7.94. The summed E-state index contributed by atoms with van der Waals surface area (Å²) in [6.45, 7) is 4.05. The predicted octanol–water partition coefficient (Wildman–Crippen LogP) is 1.18. The Morgan fingerprint density at radius 3 is 2.40 bits per heavy atom. The van der Waals surface area contributed by atoms with Crippen molar-refractivity contribution < 1.29 is 9.59 Å². The number of rotatable bonds is 2. The number of piperidine rings is 1. The first-order valence-corrected chi connectivity index (χ1v) is 7.94. The molecule has 20 heavy (non-hydrogen) atoms. The molecule has 0 aromatic heterocycles. The van der Waals surface area contributed by atoms with Crippen molar-refractivity contribution in [2.75, 3.05) is 13.1 Å². The smallest absolute Gasteiger partial charge is 0.233 e. The molecule has 108 valence electrons. The lowest BCUT2D eigenvalue weighted by atomic mass is 9.85. The van der Waals surface area contributed by atoms with Crippen molar-refractivity contribution in [3.05, 3.63) is 12.2 Å². The van der Waals surface area contributed by atoms with Crippen molar-refractivity contribution in [3.8, 4) is 0 Å². The molecule has 6 unspecified atom stereocenters. The molecule has 1 saturated carbocycles. The number of allylic oxidation sites excluding steroid dienone is 2. The Labute approximate surface area is 119 Å². The van der Waals surface area contributed by atoms with Crippen LogP contribution in [0.1, 0.15) is 26.2 Å². The van der Waals surface area contributed by atoms with E-state index in [-0.39, 0.29) is 29.7 Å². The highest BCUT2D eigenvalue weighted by atomic mass is 16.2. The molecule has 2 aliphatic carbocycles. The number of carbonyl (C=O) groups excluding carboxylic acids is 2. The number of fused-ring (bicyclic) bond motifs is 5. The molecule has 3 fully saturated rings. The quantitative estimate of drug-likeness (QED) is 0.608. The van der Waals surface area contributed by atoms with Crippen LogP contribution in [0, 0.1) is 29.6 Å². The van der Waals surface area contributed by atoms with Crippen LogP contribution in [0.3, 0.4) is 0 Å². The molecule has 6 atom stereocenters. The van der Waals surface area contributed by atoms with Gasteiger partial charge in [0.2, 0.25) is 11.8 Å². The van der Waals surface area contributed by atoms with Gasteiger partial charge in [0.1, 0.15) is 0 Å². The number of likely N-dealkylation sites (tertiary alicyclic amines) is 1. The molecule has 4 aliphatic rings. The third-order valence-electron chi connectivity index (χ3n) is 5.93. The lowest BCUT2D eigenvalue weighted by Crippen LogP contribution is -2.48. The molecule has 2 bridgehead atoms. The second kappa shape index (κ2) is 4.42. The molecule has 4 heteroatoms. The van der Waals surface area contributed by atoms with Gasteiger partial charge in [-0.25, -0.2) is 0 Å². The number of hydrogen-bond acceptors (Lipinski definition) is 3. The maximum absolute atomic E-state index is 12.7. The van der Waals surface area contributed by atoms with Crippen molar-refractivity contribution >= 4 is 11.8 Å². The van der Waals surface area contributed by atoms with Crippen LogP contribution in [-0.2, 0) is 9.59 Å². The molecule has 0 radical (unpaired) electrons. The summed E-state index contributed by atoms with van der Waals surface area (Å²) in [6, 6.07) is 0.0489. The van der Waals surface area contributed by atoms with Crippen LogP contribution < -0.4 is 5.32 Å². The number of nitrogens with zero attached hydrogens (tertiary/aromatic N) is 1. The molecule has 0 spiro atoms. The minimum Gasteiger partial charge on any atom is -0.316 e. The third-order valence-corrected chi connectivity index (χ3v) is 5.93. The largest absolute Gasteiger partial charge is 0.316 e. The highest BCUT2D eigenvalue weighted by Gasteiger charge is 2.60. The van der Waals surface area contributed by atoms with E-state index in [1.165, 1.54) is 0 Å². The van der Waals surface area contributed by atoms with Gasteiger partial charge in [-0.3, -0.25) is 14.5 Å². The van der Waals surface area contributed by atoms with Gasteiger partial charge in [-0.1, -0.05) is 12.2 Å². The fourth-order valence-electron chi connectivity index (χ4n) is 4.83. The highest BCUT2D eigenvalue weighted by Crippen LogP contribution is 2.53. The van der Waals surface area contributed by atoms with Crippen LogP contribution in [0.25, 0.3) is 0 Å². The standard InChI is InChI=1S/C16H22N2O2/c1-9(12-3-2-6-17-8-12)18-15(19)13-10-4-5-11(7-10)14(13)16(18)20/h4-5,9-14,17H,2-3,6-8H2,1H3. The summed E-state index contributed by atoms with van der Waals surface area (Å²) in [5.74, 6) is 1.19. The monoisotopic (exact) mass is 274 g/mol. The minimum atomic E-state index is -0.0449. The van der Waals surface area contributed by atoms with Gasteiger partial charge in [0, 0.05) is 6.04 Å². The first kappa shape index (κ1) is 12.6. The molecule has 0 aromatic rings. The minimum absolute atomic E-state index is 0.0449. The maximum Gasteiger partial charge on any atom is 0.233 e. The number of carbonyl (C=O) groups is 2. The molecular formula is C16H22N2O2. The van der Waals surface area contributed by atoms with Crippen LogP contribution in [0.2, 0.25) is 0 Å².